The fourth-order valence-corrected chi connectivity index (χ4v) is 2.51. The lowest BCUT2D eigenvalue weighted by Crippen LogP contribution is -2.40. The van der Waals surface area contributed by atoms with Gasteiger partial charge in [0.25, 0.3) is 0 Å². The van der Waals surface area contributed by atoms with Crippen LogP contribution in [0.2, 0.25) is 0 Å². The Morgan fingerprint density at radius 3 is 2.50 bits per heavy atom. The largest absolute Gasteiger partial charge is 0.389 e. The minimum Gasteiger partial charge on any atom is -0.389 e. The van der Waals surface area contributed by atoms with Gasteiger partial charge in [-0.2, -0.15) is 0 Å². The van der Waals surface area contributed by atoms with Crippen molar-refractivity contribution >= 4 is 0 Å². The molecule has 2 heterocycles. The first-order chi connectivity index (χ1) is 6.72. The topological polar surface area (TPSA) is 29.5 Å². The number of rotatable bonds is 1. The molecular formula is C12H18O2. The maximum Gasteiger partial charge on any atom is 0.0805 e. The second-order valence-corrected chi connectivity index (χ2v) is 4.47. The summed E-state index contributed by atoms with van der Waals surface area (Å²) in [6.45, 7) is 2.03. The molecule has 0 aromatic carbocycles. The fourth-order valence-electron chi connectivity index (χ4n) is 2.51. The Morgan fingerprint density at radius 2 is 1.93 bits per heavy atom. The lowest BCUT2D eigenvalue weighted by Gasteiger charge is -2.35. The van der Waals surface area contributed by atoms with Crippen molar-refractivity contribution in [3.05, 3.63) is 0 Å². The second kappa shape index (κ2) is 3.92. The molecule has 2 bridgehead atoms. The molecule has 78 valence electrons. The summed E-state index contributed by atoms with van der Waals surface area (Å²) in [5.74, 6) is 6.08. The zero-order valence-electron chi connectivity index (χ0n) is 8.75. The van der Waals surface area contributed by atoms with Crippen LogP contribution in [0.1, 0.15) is 45.4 Å². The summed E-state index contributed by atoms with van der Waals surface area (Å²) in [6.07, 6.45) is 5.88. The van der Waals surface area contributed by atoms with Crippen LogP contribution < -0.4 is 0 Å². The van der Waals surface area contributed by atoms with Crippen molar-refractivity contribution in [2.45, 2.75) is 63.3 Å². The SMILES string of the molecule is CCC#CCC1(O)CC2CCC(C1)O2. The maximum absolute atomic E-state index is 10.3. The van der Waals surface area contributed by atoms with E-state index >= 15 is 0 Å². The Hall–Kier alpha value is -0.520. The van der Waals surface area contributed by atoms with E-state index in [4.69, 9.17) is 4.74 Å². The van der Waals surface area contributed by atoms with Crippen LogP contribution in [0.4, 0.5) is 0 Å². The summed E-state index contributed by atoms with van der Waals surface area (Å²) < 4.78 is 5.69. The van der Waals surface area contributed by atoms with Gasteiger partial charge in [0.05, 0.1) is 17.8 Å². The summed E-state index contributed by atoms with van der Waals surface area (Å²) in [7, 11) is 0. The molecule has 2 aliphatic heterocycles. The van der Waals surface area contributed by atoms with E-state index in [1.807, 2.05) is 6.92 Å². The van der Waals surface area contributed by atoms with Gasteiger partial charge in [0.2, 0.25) is 0 Å². The van der Waals surface area contributed by atoms with Gasteiger partial charge in [0.1, 0.15) is 0 Å². The van der Waals surface area contributed by atoms with Crippen LogP contribution in [0.25, 0.3) is 0 Å². The molecule has 2 heteroatoms. The molecule has 0 aromatic rings. The van der Waals surface area contributed by atoms with Crippen molar-refractivity contribution in [2.24, 2.45) is 0 Å². The average Bonchev–Trinajstić information content (AvgIpc) is 2.46. The molecule has 0 aromatic heterocycles. The van der Waals surface area contributed by atoms with Gasteiger partial charge in [-0.05, 0) is 12.8 Å². The van der Waals surface area contributed by atoms with E-state index in [1.165, 1.54) is 0 Å². The van der Waals surface area contributed by atoms with Crippen LogP contribution in [0, 0.1) is 11.8 Å². The van der Waals surface area contributed by atoms with Crippen LogP contribution in [0.3, 0.4) is 0 Å². The standard InChI is InChI=1S/C12H18O2/c1-2-3-4-7-12(13)8-10-5-6-11(9-12)14-10/h10-11,13H,2,5-9H2,1H3. The van der Waals surface area contributed by atoms with Crippen LogP contribution in [0.5, 0.6) is 0 Å². The first-order valence-corrected chi connectivity index (χ1v) is 5.55. The first-order valence-electron chi connectivity index (χ1n) is 5.55. The van der Waals surface area contributed by atoms with Crippen molar-refractivity contribution in [3.8, 4) is 11.8 Å². The highest BCUT2D eigenvalue weighted by molar-refractivity contribution is 5.06. The van der Waals surface area contributed by atoms with Gasteiger partial charge in [-0.1, -0.05) is 6.92 Å². The molecule has 2 atom stereocenters. The number of hydrogen-bond donors (Lipinski definition) is 1. The molecule has 0 spiro atoms. The summed E-state index contributed by atoms with van der Waals surface area (Å²) in [6, 6.07) is 0. The second-order valence-electron chi connectivity index (χ2n) is 4.47. The van der Waals surface area contributed by atoms with Gasteiger partial charge < -0.3 is 9.84 Å². The van der Waals surface area contributed by atoms with Crippen LogP contribution in [-0.2, 0) is 4.74 Å². The predicted octanol–water partition coefficient (Wildman–Crippen LogP) is 1.86. The molecular weight excluding hydrogens is 176 g/mol. The minimum atomic E-state index is -0.563. The average molecular weight is 194 g/mol. The molecule has 1 N–H and O–H groups in total. The van der Waals surface area contributed by atoms with Crippen molar-refractivity contribution in [3.63, 3.8) is 0 Å². The van der Waals surface area contributed by atoms with E-state index < -0.39 is 5.60 Å². The number of aliphatic hydroxyl groups is 1. The molecule has 2 unspecified atom stereocenters. The maximum atomic E-state index is 10.3. The number of hydrogen-bond acceptors (Lipinski definition) is 2. The third-order valence-corrected chi connectivity index (χ3v) is 3.13. The van der Waals surface area contributed by atoms with E-state index in [1.54, 1.807) is 0 Å². The molecule has 2 saturated heterocycles. The molecule has 0 radical (unpaired) electrons. The Labute approximate surface area is 85.6 Å². The first kappa shape index (κ1) is 10.0. The van der Waals surface area contributed by atoms with E-state index in [9.17, 15) is 5.11 Å². The highest BCUT2D eigenvalue weighted by Gasteiger charge is 2.43. The smallest absolute Gasteiger partial charge is 0.0805 e. The summed E-state index contributed by atoms with van der Waals surface area (Å²) in [5.41, 5.74) is -0.563. The van der Waals surface area contributed by atoms with Gasteiger partial charge in [0.15, 0.2) is 0 Å². The van der Waals surface area contributed by atoms with Crippen molar-refractivity contribution in [1.29, 1.82) is 0 Å². The van der Waals surface area contributed by atoms with Gasteiger partial charge in [-0.25, -0.2) is 0 Å². The number of ether oxygens (including phenoxy) is 1. The number of fused-ring (bicyclic) bond motifs is 2. The predicted molar refractivity (Wildman–Crippen MR) is 54.8 cm³/mol. The van der Waals surface area contributed by atoms with E-state index in [0.29, 0.717) is 18.6 Å². The van der Waals surface area contributed by atoms with E-state index in [2.05, 4.69) is 11.8 Å². The van der Waals surface area contributed by atoms with Crippen LogP contribution in [0.15, 0.2) is 0 Å². The van der Waals surface area contributed by atoms with Crippen LogP contribution >= 0.6 is 0 Å². The van der Waals surface area contributed by atoms with Gasteiger partial charge in [0, 0.05) is 25.7 Å². The molecule has 14 heavy (non-hydrogen) atoms. The lowest BCUT2D eigenvalue weighted by atomic mass is 9.87. The molecule has 2 fully saturated rings. The zero-order chi connectivity index (χ0) is 10.0. The zero-order valence-corrected chi connectivity index (χ0v) is 8.75. The Bertz CT molecular complexity index is 249. The Kier molecular flexibility index (Phi) is 2.80. The quantitative estimate of drug-likeness (QED) is 0.646. The molecule has 0 aliphatic carbocycles. The highest BCUT2D eigenvalue weighted by atomic mass is 16.5. The Morgan fingerprint density at radius 1 is 1.29 bits per heavy atom. The van der Waals surface area contributed by atoms with E-state index in [-0.39, 0.29) is 0 Å². The summed E-state index contributed by atoms with van der Waals surface area (Å²) in [5, 5.41) is 10.3. The van der Waals surface area contributed by atoms with Crippen molar-refractivity contribution in [1.82, 2.24) is 0 Å². The fraction of sp³-hybridized carbons (Fsp3) is 0.833. The summed E-state index contributed by atoms with van der Waals surface area (Å²) in [4.78, 5) is 0. The molecule has 0 amide bonds. The normalized spacial score (nSPS) is 40.4. The molecule has 2 aliphatic rings. The van der Waals surface area contributed by atoms with Crippen LogP contribution in [-0.4, -0.2) is 22.9 Å². The van der Waals surface area contributed by atoms with Gasteiger partial charge in [-0.3, -0.25) is 0 Å². The summed E-state index contributed by atoms with van der Waals surface area (Å²) >= 11 is 0. The molecule has 2 nitrogen and oxygen atoms in total. The minimum absolute atomic E-state index is 0.294. The third-order valence-electron chi connectivity index (χ3n) is 3.13. The Balaban J connectivity index is 1.95. The molecule has 0 saturated carbocycles. The monoisotopic (exact) mass is 194 g/mol. The van der Waals surface area contributed by atoms with E-state index in [0.717, 1.165) is 32.1 Å². The van der Waals surface area contributed by atoms with Gasteiger partial charge >= 0.3 is 0 Å². The third kappa shape index (κ3) is 2.10. The van der Waals surface area contributed by atoms with Crippen molar-refractivity contribution in [2.75, 3.05) is 0 Å². The lowest BCUT2D eigenvalue weighted by molar-refractivity contribution is -0.108. The molecule has 2 rings (SSSR count). The van der Waals surface area contributed by atoms with Gasteiger partial charge in [-0.15, -0.1) is 11.8 Å². The van der Waals surface area contributed by atoms with Crippen molar-refractivity contribution < 1.29 is 9.84 Å². The highest BCUT2D eigenvalue weighted by Crippen LogP contribution is 2.39.